The first-order valence-electron chi connectivity index (χ1n) is 6.46. The summed E-state index contributed by atoms with van der Waals surface area (Å²) in [5.41, 5.74) is 1.20. The number of anilines is 2. The highest BCUT2D eigenvalue weighted by molar-refractivity contribution is 6.04. The number of fused-ring (bicyclic) bond motifs is 1. The van der Waals surface area contributed by atoms with Crippen LogP contribution in [0.3, 0.4) is 0 Å². The van der Waals surface area contributed by atoms with Gasteiger partial charge in [0.2, 0.25) is 5.91 Å². The van der Waals surface area contributed by atoms with Crippen molar-refractivity contribution in [3.63, 3.8) is 0 Å². The number of ether oxygens (including phenoxy) is 1. The molecule has 6 nitrogen and oxygen atoms in total. The first-order chi connectivity index (χ1) is 10.2. The molecule has 0 fully saturated rings. The molecular weight excluding hydrogens is 270 g/mol. The van der Waals surface area contributed by atoms with E-state index in [-0.39, 0.29) is 25.0 Å². The highest BCUT2D eigenvalue weighted by Gasteiger charge is 2.26. The molecule has 2 aromatic rings. The average Bonchev–Trinajstić information content (AvgIpc) is 2.51. The molecule has 2 amide bonds. The minimum Gasteiger partial charge on any atom is -0.482 e. The Balaban J connectivity index is 1.75. The Labute approximate surface area is 121 Å². The minimum absolute atomic E-state index is 0.0583. The van der Waals surface area contributed by atoms with Crippen LogP contribution in [0.1, 0.15) is 0 Å². The minimum atomic E-state index is -0.284. The maximum Gasteiger partial charge on any atom is 0.265 e. The lowest BCUT2D eigenvalue weighted by atomic mass is 10.2. The van der Waals surface area contributed by atoms with Gasteiger partial charge in [-0.2, -0.15) is 0 Å². The summed E-state index contributed by atoms with van der Waals surface area (Å²) in [6, 6.07) is 10.6. The molecule has 1 aliphatic heterocycles. The molecule has 0 spiro atoms. The van der Waals surface area contributed by atoms with Crippen LogP contribution < -0.4 is 15.0 Å². The molecule has 0 atom stereocenters. The van der Waals surface area contributed by atoms with Crippen molar-refractivity contribution < 1.29 is 14.3 Å². The van der Waals surface area contributed by atoms with Gasteiger partial charge in [-0.15, -0.1) is 0 Å². The van der Waals surface area contributed by atoms with Crippen molar-refractivity contribution in [2.24, 2.45) is 0 Å². The van der Waals surface area contributed by atoms with Crippen LogP contribution >= 0.6 is 0 Å². The molecule has 0 unspecified atom stereocenters. The molecule has 0 radical (unpaired) electrons. The summed E-state index contributed by atoms with van der Waals surface area (Å²) in [5.74, 6) is 0.0781. The summed E-state index contributed by atoms with van der Waals surface area (Å²) < 4.78 is 5.33. The fourth-order valence-corrected chi connectivity index (χ4v) is 2.11. The number of nitrogens with zero attached hydrogens (tertiary/aromatic N) is 2. The van der Waals surface area contributed by atoms with Crippen LogP contribution in [0.2, 0.25) is 0 Å². The molecule has 6 heteroatoms. The Morgan fingerprint density at radius 3 is 2.95 bits per heavy atom. The summed E-state index contributed by atoms with van der Waals surface area (Å²) >= 11 is 0. The van der Waals surface area contributed by atoms with Gasteiger partial charge in [0.05, 0.1) is 17.6 Å². The SMILES string of the molecule is O=C(CN1C(=O)COc2ccccc21)Nc1cccnc1. The van der Waals surface area contributed by atoms with E-state index in [0.717, 1.165) is 0 Å². The number of para-hydroxylation sites is 2. The van der Waals surface area contributed by atoms with Crippen LogP contribution in [0.25, 0.3) is 0 Å². The quantitative estimate of drug-likeness (QED) is 0.925. The third-order valence-electron chi connectivity index (χ3n) is 3.06. The van der Waals surface area contributed by atoms with Crippen LogP contribution in [0.15, 0.2) is 48.8 Å². The molecule has 1 aromatic heterocycles. The van der Waals surface area contributed by atoms with E-state index in [0.29, 0.717) is 17.1 Å². The second-order valence-corrected chi connectivity index (χ2v) is 4.53. The monoisotopic (exact) mass is 283 g/mol. The van der Waals surface area contributed by atoms with Crippen LogP contribution in [-0.4, -0.2) is 29.9 Å². The molecule has 21 heavy (non-hydrogen) atoms. The summed E-state index contributed by atoms with van der Waals surface area (Å²) in [6.45, 7) is -0.120. The maximum atomic E-state index is 12.1. The van der Waals surface area contributed by atoms with E-state index in [1.54, 1.807) is 42.7 Å². The Morgan fingerprint density at radius 2 is 2.14 bits per heavy atom. The van der Waals surface area contributed by atoms with Crippen molar-refractivity contribution in [2.75, 3.05) is 23.4 Å². The number of pyridine rings is 1. The van der Waals surface area contributed by atoms with Gasteiger partial charge in [-0.05, 0) is 24.3 Å². The molecule has 1 aliphatic rings. The number of hydrogen-bond acceptors (Lipinski definition) is 4. The Bertz CT molecular complexity index is 673. The number of aromatic nitrogens is 1. The number of benzene rings is 1. The number of carbonyl (C=O) groups excluding carboxylic acids is 2. The smallest absolute Gasteiger partial charge is 0.265 e. The van der Waals surface area contributed by atoms with Crippen molar-refractivity contribution in [3.05, 3.63) is 48.8 Å². The Kier molecular flexibility index (Phi) is 3.51. The van der Waals surface area contributed by atoms with E-state index < -0.39 is 0 Å². The maximum absolute atomic E-state index is 12.1. The van der Waals surface area contributed by atoms with Crippen LogP contribution in [0.5, 0.6) is 5.75 Å². The van der Waals surface area contributed by atoms with E-state index in [9.17, 15) is 9.59 Å². The van der Waals surface area contributed by atoms with Crippen LogP contribution in [0.4, 0.5) is 11.4 Å². The summed E-state index contributed by atoms with van der Waals surface area (Å²) in [6.07, 6.45) is 3.17. The van der Waals surface area contributed by atoms with Gasteiger partial charge in [-0.1, -0.05) is 12.1 Å². The predicted octanol–water partition coefficient (Wildman–Crippen LogP) is 1.45. The van der Waals surface area contributed by atoms with E-state index in [1.165, 1.54) is 4.90 Å². The molecule has 1 N–H and O–H groups in total. The topological polar surface area (TPSA) is 71.5 Å². The van der Waals surface area contributed by atoms with E-state index >= 15 is 0 Å². The summed E-state index contributed by atoms with van der Waals surface area (Å²) in [5, 5.41) is 2.70. The predicted molar refractivity (Wildman–Crippen MR) is 77.2 cm³/mol. The largest absolute Gasteiger partial charge is 0.482 e. The Morgan fingerprint density at radius 1 is 1.29 bits per heavy atom. The zero-order valence-corrected chi connectivity index (χ0v) is 11.2. The molecule has 1 aromatic carbocycles. The fourth-order valence-electron chi connectivity index (χ4n) is 2.11. The highest BCUT2D eigenvalue weighted by atomic mass is 16.5. The second-order valence-electron chi connectivity index (χ2n) is 4.53. The molecular formula is C15H13N3O3. The Hall–Kier alpha value is -2.89. The van der Waals surface area contributed by atoms with E-state index in [1.807, 2.05) is 6.07 Å². The number of rotatable bonds is 3. The average molecular weight is 283 g/mol. The first kappa shape index (κ1) is 13.1. The van der Waals surface area contributed by atoms with E-state index in [2.05, 4.69) is 10.3 Å². The van der Waals surface area contributed by atoms with Crippen molar-refractivity contribution in [1.29, 1.82) is 0 Å². The third-order valence-corrected chi connectivity index (χ3v) is 3.06. The molecule has 0 aliphatic carbocycles. The van der Waals surface area contributed by atoms with Gasteiger partial charge in [0.1, 0.15) is 12.3 Å². The summed E-state index contributed by atoms with van der Waals surface area (Å²) in [4.78, 5) is 29.4. The van der Waals surface area contributed by atoms with Gasteiger partial charge in [-0.3, -0.25) is 19.5 Å². The van der Waals surface area contributed by atoms with Gasteiger partial charge in [0, 0.05) is 6.20 Å². The highest BCUT2D eigenvalue weighted by Crippen LogP contribution is 2.31. The first-order valence-corrected chi connectivity index (χ1v) is 6.46. The molecule has 0 saturated carbocycles. The van der Waals surface area contributed by atoms with Crippen LogP contribution in [0, 0.1) is 0 Å². The van der Waals surface area contributed by atoms with Gasteiger partial charge in [0.15, 0.2) is 6.61 Å². The number of carbonyl (C=O) groups is 2. The number of hydrogen-bond donors (Lipinski definition) is 1. The second kappa shape index (κ2) is 5.62. The molecule has 0 saturated heterocycles. The van der Waals surface area contributed by atoms with Gasteiger partial charge in [0.25, 0.3) is 5.91 Å². The molecule has 106 valence electrons. The summed E-state index contributed by atoms with van der Waals surface area (Å²) in [7, 11) is 0. The van der Waals surface area contributed by atoms with Crippen molar-refractivity contribution in [1.82, 2.24) is 4.98 Å². The zero-order valence-electron chi connectivity index (χ0n) is 11.2. The van der Waals surface area contributed by atoms with E-state index in [4.69, 9.17) is 4.74 Å². The van der Waals surface area contributed by atoms with Gasteiger partial charge in [-0.25, -0.2) is 0 Å². The van der Waals surface area contributed by atoms with Gasteiger partial charge < -0.3 is 10.1 Å². The lowest BCUT2D eigenvalue weighted by Crippen LogP contribution is -2.43. The standard InChI is InChI=1S/C15H13N3O3/c19-14(17-11-4-3-7-16-8-11)9-18-12-5-1-2-6-13(12)21-10-15(18)20/h1-8H,9-10H2,(H,17,19). The van der Waals surface area contributed by atoms with Crippen molar-refractivity contribution in [2.45, 2.75) is 0 Å². The third kappa shape index (κ3) is 2.84. The molecule has 2 heterocycles. The lowest BCUT2D eigenvalue weighted by Gasteiger charge is -2.28. The number of amides is 2. The lowest BCUT2D eigenvalue weighted by molar-refractivity contribution is -0.123. The zero-order chi connectivity index (χ0) is 14.7. The van der Waals surface area contributed by atoms with Crippen molar-refractivity contribution in [3.8, 4) is 5.75 Å². The number of nitrogens with one attached hydrogen (secondary N) is 1. The van der Waals surface area contributed by atoms with Crippen molar-refractivity contribution >= 4 is 23.2 Å². The fraction of sp³-hybridized carbons (Fsp3) is 0.133. The molecule has 0 bridgehead atoms. The molecule has 3 rings (SSSR count). The normalized spacial score (nSPS) is 13.3. The van der Waals surface area contributed by atoms with Gasteiger partial charge >= 0.3 is 0 Å². The van der Waals surface area contributed by atoms with Crippen LogP contribution in [-0.2, 0) is 9.59 Å².